The molecule has 0 saturated carbocycles. The first-order valence-corrected chi connectivity index (χ1v) is 15.0. The van der Waals surface area contributed by atoms with Gasteiger partial charge in [-0.25, -0.2) is 4.98 Å². The molecule has 2 aromatic heterocycles. The SMILES string of the molecule is CC1C=CC(c2c3ccccc3c(-c3ccc(-c4cccc(-c5cccnc5)n4)c4ccccc34)c3ccccc23)=CC1. The molecule has 8 rings (SSSR count). The lowest BCUT2D eigenvalue weighted by Gasteiger charge is -2.21. The van der Waals surface area contributed by atoms with Crippen molar-refractivity contribution >= 4 is 37.9 Å². The van der Waals surface area contributed by atoms with Crippen molar-refractivity contribution in [1.29, 1.82) is 0 Å². The fourth-order valence-corrected chi connectivity index (χ4v) is 6.64. The van der Waals surface area contributed by atoms with Crippen LogP contribution in [0, 0.1) is 5.92 Å². The highest BCUT2D eigenvalue weighted by Gasteiger charge is 2.20. The van der Waals surface area contributed by atoms with E-state index in [1.165, 1.54) is 54.6 Å². The largest absolute Gasteiger partial charge is 0.264 e. The minimum atomic E-state index is 0.574. The van der Waals surface area contributed by atoms with Gasteiger partial charge in [0.25, 0.3) is 0 Å². The number of benzene rings is 5. The monoisotopic (exact) mass is 550 g/mol. The van der Waals surface area contributed by atoms with E-state index >= 15 is 0 Å². The first-order valence-electron chi connectivity index (χ1n) is 15.0. The highest BCUT2D eigenvalue weighted by molar-refractivity contribution is 6.22. The van der Waals surface area contributed by atoms with E-state index in [4.69, 9.17) is 4.98 Å². The van der Waals surface area contributed by atoms with E-state index < -0.39 is 0 Å². The van der Waals surface area contributed by atoms with E-state index in [1.54, 1.807) is 6.20 Å². The van der Waals surface area contributed by atoms with Crippen LogP contribution in [-0.4, -0.2) is 9.97 Å². The summed E-state index contributed by atoms with van der Waals surface area (Å²) >= 11 is 0. The standard InChI is InChI=1S/C41H30N2/c1-27-19-21-28(22-20-27)40-33-13-4-6-15-35(33)41(36-16-7-5-14-34(36)40)37-24-23-32(30-11-2-3-12-31(30)37)39-18-8-17-38(43-39)29-10-9-25-42-26-29/h2-19,21-27H,20H2,1H3. The molecule has 0 radical (unpaired) electrons. The quantitative estimate of drug-likeness (QED) is 0.204. The van der Waals surface area contributed by atoms with Crippen LogP contribution in [0.3, 0.4) is 0 Å². The maximum Gasteiger partial charge on any atom is 0.0725 e. The summed E-state index contributed by atoms with van der Waals surface area (Å²) in [4.78, 5) is 9.38. The summed E-state index contributed by atoms with van der Waals surface area (Å²) in [5.41, 5.74) is 9.19. The van der Waals surface area contributed by atoms with Crippen molar-refractivity contribution in [3.63, 3.8) is 0 Å². The molecule has 2 nitrogen and oxygen atoms in total. The number of allylic oxidation sites excluding steroid dienone is 4. The Bertz CT molecular complexity index is 2170. The molecule has 0 fully saturated rings. The third kappa shape index (κ3) is 4.35. The molecule has 1 aliphatic carbocycles. The van der Waals surface area contributed by atoms with Crippen molar-refractivity contribution in [1.82, 2.24) is 9.97 Å². The van der Waals surface area contributed by atoms with Crippen molar-refractivity contribution in [2.24, 2.45) is 5.92 Å². The van der Waals surface area contributed by atoms with Gasteiger partial charge in [0.2, 0.25) is 0 Å². The summed E-state index contributed by atoms with van der Waals surface area (Å²) in [7, 11) is 0. The van der Waals surface area contributed by atoms with E-state index in [-0.39, 0.29) is 0 Å². The fourth-order valence-electron chi connectivity index (χ4n) is 6.64. The maximum atomic E-state index is 5.08. The van der Waals surface area contributed by atoms with Crippen LogP contribution in [0.2, 0.25) is 0 Å². The van der Waals surface area contributed by atoms with Gasteiger partial charge in [-0.1, -0.05) is 116 Å². The zero-order valence-electron chi connectivity index (χ0n) is 24.0. The summed E-state index contributed by atoms with van der Waals surface area (Å²) in [6.07, 6.45) is 11.8. The van der Waals surface area contributed by atoms with E-state index in [0.717, 1.165) is 28.9 Å². The second kappa shape index (κ2) is 10.5. The molecule has 1 aliphatic rings. The molecule has 0 bridgehead atoms. The number of rotatable bonds is 4. The molecule has 0 amide bonds. The molecular weight excluding hydrogens is 520 g/mol. The molecule has 2 heteroatoms. The molecule has 0 aliphatic heterocycles. The number of hydrogen-bond acceptors (Lipinski definition) is 2. The first kappa shape index (κ1) is 25.4. The average Bonchev–Trinajstić information content (AvgIpc) is 3.08. The highest BCUT2D eigenvalue weighted by Crippen LogP contribution is 2.45. The predicted octanol–water partition coefficient (Wildman–Crippen LogP) is 10.9. The lowest BCUT2D eigenvalue weighted by Crippen LogP contribution is -1.98. The van der Waals surface area contributed by atoms with E-state index in [1.807, 2.05) is 12.3 Å². The summed E-state index contributed by atoms with van der Waals surface area (Å²) in [6.45, 7) is 2.28. The molecule has 1 atom stereocenters. The molecule has 0 N–H and O–H groups in total. The van der Waals surface area contributed by atoms with E-state index in [2.05, 4.69) is 139 Å². The predicted molar refractivity (Wildman–Crippen MR) is 182 cm³/mol. The van der Waals surface area contributed by atoms with Crippen LogP contribution in [0.5, 0.6) is 0 Å². The molecule has 7 aromatic rings. The molecular formula is C41H30N2. The van der Waals surface area contributed by atoms with Gasteiger partial charge < -0.3 is 0 Å². The van der Waals surface area contributed by atoms with Gasteiger partial charge in [0.1, 0.15) is 0 Å². The summed E-state index contributed by atoms with van der Waals surface area (Å²) < 4.78 is 0. The maximum absolute atomic E-state index is 5.08. The first-order chi connectivity index (χ1) is 21.3. The highest BCUT2D eigenvalue weighted by atomic mass is 14.7. The number of pyridine rings is 2. The Hall–Kier alpha value is -5.34. The number of fused-ring (bicyclic) bond motifs is 3. The Morgan fingerprint density at radius 1 is 0.558 bits per heavy atom. The van der Waals surface area contributed by atoms with Crippen molar-refractivity contribution in [3.05, 3.63) is 151 Å². The smallest absolute Gasteiger partial charge is 0.0725 e. The zero-order chi connectivity index (χ0) is 28.8. The third-order valence-corrected chi connectivity index (χ3v) is 8.71. The Morgan fingerprint density at radius 2 is 1.16 bits per heavy atom. The fraction of sp³-hybridized carbons (Fsp3) is 0.0732. The van der Waals surface area contributed by atoms with Crippen LogP contribution < -0.4 is 0 Å². The Kier molecular flexibility index (Phi) is 6.19. The Labute approximate surface area is 251 Å². The lowest BCUT2D eigenvalue weighted by molar-refractivity contribution is 0.739. The molecule has 43 heavy (non-hydrogen) atoms. The van der Waals surface area contributed by atoms with Gasteiger partial charge in [0.15, 0.2) is 0 Å². The van der Waals surface area contributed by atoms with Gasteiger partial charge in [0.05, 0.1) is 11.4 Å². The van der Waals surface area contributed by atoms with Crippen LogP contribution in [0.15, 0.2) is 146 Å². The van der Waals surface area contributed by atoms with Gasteiger partial charge in [-0.3, -0.25) is 4.98 Å². The normalized spacial score (nSPS) is 14.8. The average molecular weight is 551 g/mol. The van der Waals surface area contributed by atoms with Crippen molar-refractivity contribution in [3.8, 4) is 33.6 Å². The molecule has 0 spiro atoms. The minimum absolute atomic E-state index is 0.574. The topological polar surface area (TPSA) is 25.8 Å². The summed E-state index contributed by atoms with van der Waals surface area (Å²) in [5, 5.41) is 7.56. The number of aromatic nitrogens is 2. The Balaban J connectivity index is 1.39. The van der Waals surface area contributed by atoms with Gasteiger partial charge in [-0.2, -0.15) is 0 Å². The van der Waals surface area contributed by atoms with E-state index in [0.29, 0.717) is 5.92 Å². The Morgan fingerprint density at radius 3 is 1.79 bits per heavy atom. The van der Waals surface area contributed by atoms with Gasteiger partial charge in [-0.05, 0) is 91.2 Å². The van der Waals surface area contributed by atoms with Crippen LogP contribution in [0.4, 0.5) is 0 Å². The van der Waals surface area contributed by atoms with E-state index in [9.17, 15) is 0 Å². The summed E-state index contributed by atoms with van der Waals surface area (Å²) in [6, 6.07) is 41.4. The van der Waals surface area contributed by atoms with Crippen LogP contribution in [0.1, 0.15) is 18.9 Å². The molecule has 2 heterocycles. The van der Waals surface area contributed by atoms with Crippen LogP contribution in [0.25, 0.3) is 71.5 Å². The number of nitrogens with zero attached hydrogens (tertiary/aromatic N) is 2. The molecule has 1 unspecified atom stereocenters. The third-order valence-electron chi connectivity index (χ3n) is 8.71. The molecule has 5 aromatic carbocycles. The van der Waals surface area contributed by atoms with Gasteiger partial charge in [0, 0.05) is 23.5 Å². The second-order valence-corrected chi connectivity index (χ2v) is 11.4. The summed E-state index contributed by atoms with van der Waals surface area (Å²) in [5.74, 6) is 0.574. The number of hydrogen-bond donors (Lipinski definition) is 0. The van der Waals surface area contributed by atoms with Crippen molar-refractivity contribution < 1.29 is 0 Å². The lowest BCUT2D eigenvalue weighted by atomic mass is 9.82. The zero-order valence-corrected chi connectivity index (χ0v) is 24.0. The van der Waals surface area contributed by atoms with Gasteiger partial charge in [-0.15, -0.1) is 0 Å². The van der Waals surface area contributed by atoms with Crippen LogP contribution >= 0.6 is 0 Å². The van der Waals surface area contributed by atoms with Crippen LogP contribution in [-0.2, 0) is 0 Å². The molecule has 204 valence electrons. The van der Waals surface area contributed by atoms with Gasteiger partial charge >= 0.3 is 0 Å². The van der Waals surface area contributed by atoms with Crippen molar-refractivity contribution in [2.45, 2.75) is 13.3 Å². The molecule has 0 saturated heterocycles. The van der Waals surface area contributed by atoms with Crippen molar-refractivity contribution in [2.75, 3.05) is 0 Å². The second-order valence-electron chi connectivity index (χ2n) is 11.4. The minimum Gasteiger partial charge on any atom is -0.264 e.